The van der Waals surface area contributed by atoms with E-state index in [4.69, 9.17) is 18.9 Å². The summed E-state index contributed by atoms with van der Waals surface area (Å²) in [6.45, 7) is 19.4. The number of ether oxygens (including phenoxy) is 4. The third kappa shape index (κ3) is 36.9. The van der Waals surface area contributed by atoms with Crippen LogP contribution in [0.1, 0.15) is 221 Å². The minimum Gasteiger partial charge on any atom is -0.466 e. The lowest BCUT2D eigenvalue weighted by atomic mass is 9.91. The topological polar surface area (TPSA) is 94.6 Å². The van der Waals surface area contributed by atoms with Gasteiger partial charge in [0, 0.05) is 25.9 Å². The molecule has 0 radical (unpaired) electrons. The van der Waals surface area contributed by atoms with Gasteiger partial charge < -0.3 is 23.8 Å². The first-order chi connectivity index (χ1) is 27.8. The summed E-state index contributed by atoms with van der Waals surface area (Å²) < 4.78 is 22.7. The molecule has 9 heteroatoms. The number of hydrogen-bond donors (Lipinski definition) is 0. The Bertz CT molecular complexity index is 886. The Balaban J connectivity index is 4.99. The van der Waals surface area contributed by atoms with E-state index in [-0.39, 0.29) is 24.6 Å². The van der Waals surface area contributed by atoms with E-state index in [1.54, 1.807) is 0 Å². The van der Waals surface area contributed by atoms with Gasteiger partial charge in [0.05, 0.1) is 6.61 Å². The van der Waals surface area contributed by atoms with E-state index >= 15 is 0 Å². The second kappa shape index (κ2) is 42.3. The van der Waals surface area contributed by atoms with Gasteiger partial charge in [-0.25, -0.2) is 4.79 Å². The molecule has 0 amide bonds. The Hall–Kier alpha value is -1.87. The van der Waals surface area contributed by atoms with Crippen molar-refractivity contribution in [2.75, 3.05) is 59.1 Å². The number of carbonyl (C=O) groups excluding carboxylic acids is 3. The molecule has 0 saturated heterocycles. The zero-order valence-electron chi connectivity index (χ0n) is 38.6. The lowest BCUT2D eigenvalue weighted by Crippen LogP contribution is -2.35. The maximum absolute atomic E-state index is 13.1. The number of hydrogen-bond acceptors (Lipinski definition) is 9. The first kappa shape index (κ1) is 55.1. The summed E-state index contributed by atoms with van der Waals surface area (Å²) in [4.78, 5) is 42.8. The van der Waals surface area contributed by atoms with Crippen molar-refractivity contribution in [3.63, 3.8) is 0 Å². The van der Waals surface area contributed by atoms with Crippen LogP contribution < -0.4 is 0 Å². The van der Waals surface area contributed by atoms with Crippen LogP contribution in [0.5, 0.6) is 0 Å². The second-order valence-corrected chi connectivity index (χ2v) is 16.5. The third-order valence-corrected chi connectivity index (χ3v) is 11.3. The fourth-order valence-electron chi connectivity index (χ4n) is 7.49. The molecule has 0 aromatic heterocycles. The molecule has 9 nitrogen and oxygen atoms in total. The summed E-state index contributed by atoms with van der Waals surface area (Å²) in [6, 6.07) is 0. The Morgan fingerprint density at radius 2 is 0.877 bits per heavy atom. The molecular weight excluding hydrogens is 717 g/mol. The van der Waals surface area contributed by atoms with Gasteiger partial charge in [-0.15, -0.1) is 0 Å². The summed E-state index contributed by atoms with van der Waals surface area (Å²) in [6.07, 6.45) is 29.0. The molecule has 0 fully saturated rings. The molecule has 0 heterocycles. The van der Waals surface area contributed by atoms with Crippen molar-refractivity contribution in [3.05, 3.63) is 0 Å². The SMILES string of the molecule is CCCCCCCOC(=O)CCCCC(CCCCCC)OC(=O)OCCN(CCCN(CC)CC)CCOC(=O)CC(CCCCCCC)CCCCCCC. The second-order valence-electron chi connectivity index (χ2n) is 16.5. The highest BCUT2D eigenvalue weighted by atomic mass is 16.7. The molecule has 1 unspecified atom stereocenters. The predicted molar refractivity (Wildman–Crippen MR) is 238 cm³/mol. The van der Waals surface area contributed by atoms with E-state index in [0.29, 0.717) is 51.5 Å². The summed E-state index contributed by atoms with van der Waals surface area (Å²) >= 11 is 0. The van der Waals surface area contributed by atoms with Gasteiger partial charge in [-0.2, -0.15) is 0 Å². The molecular formula is C48H94N2O7. The smallest absolute Gasteiger partial charge is 0.466 e. The monoisotopic (exact) mass is 811 g/mol. The molecule has 0 aromatic rings. The first-order valence-electron chi connectivity index (χ1n) is 24.4. The van der Waals surface area contributed by atoms with Gasteiger partial charge in [0.2, 0.25) is 0 Å². The number of carbonyl (C=O) groups is 3. The molecule has 0 rings (SSSR count). The van der Waals surface area contributed by atoms with E-state index in [2.05, 4.69) is 51.3 Å². The van der Waals surface area contributed by atoms with Crippen molar-refractivity contribution in [1.29, 1.82) is 0 Å². The quantitative estimate of drug-likeness (QED) is 0.0339. The molecule has 0 aliphatic heterocycles. The zero-order valence-corrected chi connectivity index (χ0v) is 38.6. The van der Waals surface area contributed by atoms with Crippen LogP contribution in [0.25, 0.3) is 0 Å². The molecule has 57 heavy (non-hydrogen) atoms. The van der Waals surface area contributed by atoms with E-state index in [9.17, 15) is 14.4 Å². The molecule has 0 aliphatic rings. The maximum Gasteiger partial charge on any atom is 0.508 e. The van der Waals surface area contributed by atoms with Crippen molar-refractivity contribution in [3.8, 4) is 0 Å². The van der Waals surface area contributed by atoms with Crippen LogP contribution in [0.4, 0.5) is 4.79 Å². The Labute approximate surface area is 352 Å². The lowest BCUT2D eigenvalue weighted by Gasteiger charge is -2.25. The number of rotatable bonds is 43. The zero-order chi connectivity index (χ0) is 42.0. The van der Waals surface area contributed by atoms with Crippen LogP contribution >= 0.6 is 0 Å². The molecule has 338 valence electrons. The maximum atomic E-state index is 13.1. The number of unbranched alkanes of at least 4 members (excludes halogenated alkanes) is 16. The number of nitrogens with zero attached hydrogens (tertiary/aromatic N) is 2. The minimum atomic E-state index is -0.622. The van der Waals surface area contributed by atoms with E-state index in [1.807, 2.05) is 0 Å². The van der Waals surface area contributed by atoms with E-state index in [1.165, 1.54) is 89.9 Å². The van der Waals surface area contributed by atoms with Gasteiger partial charge in [-0.05, 0) is 89.9 Å². The molecule has 1 atom stereocenters. The Morgan fingerprint density at radius 3 is 1.44 bits per heavy atom. The molecule has 0 spiro atoms. The highest BCUT2D eigenvalue weighted by Gasteiger charge is 2.18. The summed E-state index contributed by atoms with van der Waals surface area (Å²) in [5.41, 5.74) is 0. The summed E-state index contributed by atoms with van der Waals surface area (Å²) in [5.74, 6) is 0.198. The van der Waals surface area contributed by atoms with Crippen LogP contribution in [0.3, 0.4) is 0 Å². The molecule has 0 aromatic carbocycles. The average Bonchev–Trinajstić information content (AvgIpc) is 3.20. The highest BCUT2D eigenvalue weighted by Crippen LogP contribution is 2.23. The Morgan fingerprint density at radius 1 is 0.421 bits per heavy atom. The van der Waals surface area contributed by atoms with Gasteiger partial charge in [0.1, 0.15) is 19.3 Å². The van der Waals surface area contributed by atoms with Gasteiger partial charge in [0.15, 0.2) is 0 Å². The van der Waals surface area contributed by atoms with Crippen LogP contribution in [-0.2, 0) is 28.5 Å². The van der Waals surface area contributed by atoms with Gasteiger partial charge in [-0.1, -0.05) is 151 Å². The van der Waals surface area contributed by atoms with Gasteiger partial charge >= 0.3 is 18.1 Å². The largest absolute Gasteiger partial charge is 0.508 e. The van der Waals surface area contributed by atoms with Crippen molar-refractivity contribution in [1.82, 2.24) is 9.80 Å². The highest BCUT2D eigenvalue weighted by molar-refractivity contribution is 5.69. The standard InChI is InChI=1S/C48H94N2O7/c1-7-13-17-21-24-31-44(32-25-22-18-14-8-2)43-47(52)55-41-38-50(37-30-36-49(11-5)12-6)39-42-56-48(53)57-45(33-26-20-16-10-4)34-27-28-35-46(51)54-40-29-23-19-15-9-3/h44-45H,7-43H2,1-6H3. The number of esters is 2. The predicted octanol–water partition coefficient (Wildman–Crippen LogP) is 12.9. The molecule has 0 N–H and O–H groups in total. The van der Waals surface area contributed by atoms with Crippen molar-refractivity contribution < 1.29 is 33.3 Å². The lowest BCUT2D eigenvalue weighted by molar-refractivity contribution is -0.145. The van der Waals surface area contributed by atoms with Crippen LogP contribution in [0.2, 0.25) is 0 Å². The molecule has 0 saturated carbocycles. The third-order valence-electron chi connectivity index (χ3n) is 11.3. The van der Waals surface area contributed by atoms with Crippen LogP contribution in [0.15, 0.2) is 0 Å². The normalized spacial score (nSPS) is 12.1. The molecule has 0 aliphatic carbocycles. The average molecular weight is 811 g/mol. The Kier molecular flexibility index (Phi) is 40.9. The fraction of sp³-hybridized carbons (Fsp3) is 0.938. The fourth-order valence-corrected chi connectivity index (χ4v) is 7.49. The minimum absolute atomic E-state index is 0.0790. The van der Waals surface area contributed by atoms with Gasteiger partial charge in [-0.3, -0.25) is 14.5 Å². The van der Waals surface area contributed by atoms with Gasteiger partial charge in [0.25, 0.3) is 0 Å². The first-order valence-corrected chi connectivity index (χ1v) is 24.4. The van der Waals surface area contributed by atoms with Crippen molar-refractivity contribution in [2.24, 2.45) is 5.92 Å². The summed E-state index contributed by atoms with van der Waals surface area (Å²) in [7, 11) is 0. The summed E-state index contributed by atoms with van der Waals surface area (Å²) in [5, 5.41) is 0. The van der Waals surface area contributed by atoms with Crippen LogP contribution in [0, 0.1) is 5.92 Å². The van der Waals surface area contributed by atoms with Crippen molar-refractivity contribution in [2.45, 2.75) is 227 Å². The van der Waals surface area contributed by atoms with E-state index < -0.39 is 6.16 Å². The van der Waals surface area contributed by atoms with E-state index in [0.717, 1.165) is 96.8 Å². The van der Waals surface area contributed by atoms with Crippen molar-refractivity contribution >= 4 is 18.1 Å². The van der Waals surface area contributed by atoms with Crippen LogP contribution in [-0.4, -0.2) is 93.1 Å². The molecule has 0 bridgehead atoms.